The van der Waals surface area contributed by atoms with E-state index in [2.05, 4.69) is 15.9 Å². The summed E-state index contributed by atoms with van der Waals surface area (Å²) in [6.07, 6.45) is 0. The van der Waals surface area contributed by atoms with Gasteiger partial charge < -0.3 is 4.90 Å². The summed E-state index contributed by atoms with van der Waals surface area (Å²) >= 11 is 12.0. The van der Waals surface area contributed by atoms with Gasteiger partial charge in [0.15, 0.2) is 0 Å². The third-order valence-electron chi connectivity index (χ3n) is 2.92. The zero-order valence-corrected chi connectivity index (χ0v) is 10.9. The molecule has 0 atom stereocenters. The van der Waals surface area contributed by atoms with Gasteiger partial charge in [0.2, 0.25) is 0 Å². The van der Waals surface area contributed by atoms with Crippen molar-refractivity contribution in [2.75, 3.05) is 37.6 Å². The molecule has 0 unspecified atom stereocenters. The lowest BCUT2D eigenvalue weighted by Gasteiger charge is -2.35. The number of rotatable bonds is 2. The second-order valence-electron chi connectivity index (χ2n) is 4.02. The zero-order chi connectivity index (χ0) is 12.3. The van der Waals surface area contributed by atoms with E-state index < -0.39 is 0 Å². The van der Waals surface area contributed by atoms with Crippen LogP contribution < -0.4 is 4.90 Å². The van der Waals surface area contributed by atoms with Gasteiger partial charge in [-0.15, -0.1) is 0 Å². The van der Waals surface area contributed by atoms with E-state index in [-0.39, 0.29) is 0 Å². The van der Waals surface area contributed by atoms with Gasteiger partial charge in [0.05, 0.1) is 23.3 Å². The normalized spacial score (nSPS) is 16.9. The second-order valence-corrected chi connectivity index (χ2v) is 4.86. The van der Waals surface area contributed by atoms with Gasteiger partial charge in [0, 0.05) is 31.2 Å². The molecule has 1 saturated heterocycles. The van der Waals surface area contributed by atoms with Crippen LogP contribution in [0.3, 0.4) is 0 Å². The van der Waals surface area contributed by atoms with Crippen LogP contribution in [-0.2, 0) is 0 Å². The lowest BCUT2D eigenvalue weighted by molar-refractivity contribution is 0.287. The first-order valence-electron chi connectivity index (χ1n) is 5.50. The van der Waals surface area contributed by atoms with Crippen LogP contribution in [0, 0.1) is 11.3 Å². The molecule has 0 saturated carbocycles. The van der Waals surface area contributed by atoms with Gasteiger partial charge >= 0.3 is 0 Å². The summed E-state index contributed by atoms with van der Waals surface area (Å²) in [4.78, 5) is 4.37. The number of halogens is 2. The number of nitriles is 1. The van der Waals surface area contributed by atoms with E-state index in [9.17, 15) is 0 Å². The number of hydrogen-bond acceptors (Lipinski definition) is 3. The number of hydrogen-bond donors (Lipinski definition) is 0. The van der Waals surface area contributed by atoms with Crippen molar-refractivity contribution in [3.05, 3.63) is 28.2 Å². The van der Waals surface area contributed by atoms with E-state index in [0.717, 1.165) is 31.9 Å². The summed E-state index contributed by atoms with van der Waals surface area (Å²) < 4.78 is 0. The van der Waals surface area contributed by atoms with Crippen molar-refractivity contribution in [2.45, 2.75) is 0 Å². The first-order valence-corrected chi connectivity index (χ1v) is 6.25. The fourth-order valence-corrected chi connectivity index (χ4v) is 2.51. The minimum Gasteiger partial charge on any atom is -0.368 e. The van der Waals surface area contributed by atoms with E-state index in [4.69, 9.17) is 28.5 Å². The van der Waals surface area contributed by atoms with Crippen LogP contribution in [0.5, 0.6) is 0 Å². The average molecular weight is 270 g/mol. The number of nitrogens with zero attached hydrogens (tertiary/aromatic N) is 3. The highest BCUT2D eigenvalue weighted by Gasteiger charge is 2.18. The maximum atomic E-state index is 8.64. The SMILES string of the molecule is N#CCN1CCN(c2ccc(Cl)cc2Cl)CC1. The first kappa shape index (κ1) is 12.5. The van der Waals surface area contributed by atoms with Gasteiger partial charge in [-0.05, 0) is 18.2 Å². The predicted octanol–water partition coefficient (Wildman–Crippen LogP) is 2.64. The van der Waals surface area contributed by atoms with Crippen molar-refractivity contribution in [3.8, 4) is 6.07 Å². The molecule has 0 amide bonds. The lowest BCUT2D eigenvalue weighted by Crippen LogP contribution is -2.46. The minimum atomic E-state index is 0.502. The number of benzene rings is 1. The van der Waals surface area contributed by atoms with Gasteiger partial charge in [-0.25, -0.2) is 0 Å². The molecule has 90 valence electrons. The van der Waals surface area contributed by atoms with Crippen molar-refractivity contribution >= 4 is 28.9 Å². The largest absolute Gasteiger partial charge is 0.368 e. The van der Waals surface area contributed by atoms with E-state index >= 15 is 0 Å². The zero-order valence-electron chi connectivity index (χ0n) is 9.37. The maximum Gasteiger partial charge on any atom is 0.0867 e. The van der Waals surface area contributed by atoms with Gasteiger partial charge in [-0.3, -0.25) is 4.90 Å². The molecule has 0 aliphatic carbocycles. The summed E-state index contributed by atoms with van der Waals surface area (Å²) in [6.45, 7) is 4.08. The van der Waals surface area contributed by atoms with E-state index in [1.165, 1.54) is 0 Å². The third-order valence-corrected chi connectivity index (χ3v) is 3.45. The molecule has 1 aromatic rings. The van der Waals surface area contributed by atoms with Gasteiger partial charge in [0.25, 0.3) is 0 Å². The lowest BCUT2D eigenvalue weighted by atomic mass is 10.2. The van der Waals surface area contributed by atoms with Crippen LogP contribution in [0.15, 0.2) is 18.2 Å². The first-order chi connectivity index (χ1) is 8.20. The molecule has 0 spiro atoms. The molecule has 3 nitrogen and oxygen atoms in total. The number of piperazine rings is 1. The van der Waals surface area contributed by atoms with Crippen LogP contribution in [0.25, 0.3) is 0 Å². The van der Waals surface area contributed by atoms with E-state index in [1.807, 2.05) is 12.1 Å². The minimum absolute atomic E-state index is 0.502. The Hall–Kier alpha value is -0.950. The molecular weight excluding hydrogens is 257 g/mol. The van der Waals surface area contributed by atoms with Crippen molar-refractivity contribution in [2.24, 2.45) is 0 Å². The molecule has 0 N–H and O–H groups in total. The molecule has 0 aromatic heterocycles. The van der Waals surface area contributed by atoms with Crippen LogP contribution in [-0.4, -0.2) is 37.6 Å². The highest BCUT2D eigenvalue weighted by atomic mass is 35.5. The smallest absolute Gasteiger partial charge is 0.0867 e. The Morgan fingerprint density at radius 3 is 2.47 bits per heavy atom. The monoisotopic (exact) mass is 269 g/mol. The van der Waals surface area contributed by atoms with Crippen molar-refractivity contribution < 1.29 is 0 Å². The Kier molecular flexibility index (Phi) is 4.11. The van der Waals surface area contributed by atoms with Gasteiger partial charge in [0.1, 0.15) is 0 Å². The fourth-order valence-electron chi connectivity index (χ4n) is 1.98. The Bertz CT molecular complexity index is 434. The highest BCUT2D eigenvalue weighted by Crippen LogP contribution is 2.29. The Labute approximate surface area is 111 Å². The molecule has 1 aliphatic heterocycles. The predicted molar refractivity (Wildman–Crippen MR) is 70.7 cm³/mol. The quantitative estimate of drug-likeness (QED) is 0.774. The Balaban J connectivity index is 2.03. The van der Waals surface area contributed by atoms with Gasteiger partial charge in [-0.1, -0.05) is 23.2 Å². The van der Waals surface area contributed by atoms with Crippen LogP contribution >= 0.6 is 23.2 Å². The summed E-state index contributed by atoms with van der Waals surface area (Å²) in [7, 11) is 0. The second kappa shape index (κ2) is 5.59. The Morgan fingerprint density at radius 2 is 1.88 bits per heavy atom. The van der Waals surface area contributed by atoms with Crippen molar-refractivity contribution in [1.82, 2.24) is 4.90 Å². The molecule has 1 fully saturated rings. The summed E-state index contributed by atoms with van der Waals surface area (Å²) in [5, 5.41) is 9.98. The van der Waals surface area contributed by atoms with E-state index in [0.29, 0.717) is 16.6 Å². The molecule has 2 rings (SSSR count). The molecule has 1 aromatic carbocycles. The Morgan fingerprint density at radius 1 is 1.18 bits per heavy atom. The molecule has 1 aliphatic rings. The summed E-state index contributed by atoms with van der Waals surface area (Å²) in [5.41, 5.74) is 1.02. The maximum absolute atomic E-state index is 8.64. The topological polar surface area (TPSA) is 30.3 Å². The molecule has 5 heteroatoms. The molecular formula is C12H13Cl2N3. The van der Waals surface area contributed by atoms with E-state index in [1.54, 1.807) is 6.07 Å². The third kappa shape index (κ3) is 3.04. The van der Waals surface area contributed by atoms with Gasteiger partial charge in [-0.2, -0.15) is 5.26 Å². The summed E-state index contributed by atoms with van der Waals surface area (Å²) in [6, 6.07) is 7.74. The van der Waals surface area contributed by atoms with Crippen LogP contribution in [0.2, 0.25) is 10.0 Å². The highest BCUT2D eigenvalue weighted by molar-refractivity contribution is 6.36. The van der Waals surface area contributed by atoms with Crippen molar-refractivity contribution in [1.29, 1.82) is 5.26 Å². The molecule has 0 radical (unpaired) electrons. The fraction of sp³-hybridized carbons (Fsp3) is 0.417. The van der Waals surface area contributed by atoms with Crippen molar-refractivity contribution in [3.63, 3.8) is 0 Å². The molecule has 17 heavy (non-hydrogen) atoms. The molecule has 0 bridgehead atoms. The summed E-state index contributed by atoms with van der Waals surface area (Å²) in [5.74, 6) is 0. The standard InChI is InChI=1S/C12H13Cl2N3/c13-10-1-2-12(11(14)9-10)17-7-5-16(4-3-15)6-8-17/h1-2,9H,4-8H2. The average Bonchev–Trinajstić information content (AvgIpc) is 2.31. The van der Waals surface area contributed by atoms with Crippen LogP contribution in [0.4, 0.5) is 5.69 Å². The number of anilines is 1. The van der Waals surface area contributed by atoms with Crippen LogP contribution in [0.1, 0.15) is 0 Å². The molecule has 1 heterocycles.